The van der Waals surface area contributed by atoms with Crippen LogP contribution in [0, 0.1) is 21.7 Å². The maximum Gasteiger partial charge on any atom is 0.272 e. The minimum Gasteiger partial charge on any atom is -0.494 e. The van der Waals surface area contributed by atoms with E-state index in [0.717, 1.165) is 6.07 Å². The van der Waals surface area contributed by atoms with Gasteiger partial charge in [0.1, 0.15) is 5.82 Å². The lowest BCUT2D eigenvalue weighted by atomic mass is 10.2. The summed E-state index contributed by atoms with van der Waals surface area (Å²) in [5.74, 6) is -1.10. The third kappa shape index (κ3) is 3.65. The van der Waals surface area contributed by atoms with Crippen LogP contribution >= 0.6 is 0 Å². The molecule has 0 spiro atoms. The van der Waals surface area contributed by atoms with Crippen molar-refractivity contribution >= 4 is 11.4 Å². The second kappa shape index (κ2) is 6.17. The first-order valence-corrected chi connectivity index (χ1v) is 6.01. The van der Waals surface area contributed by atoms with E-state index >= 15 is 0 Å². The molecule has 0 saturated carbocycles. The van der Waals surface area contributed by atoms with Crippen molar-refractivity contribution in [2.24, 2.45) is 0 Å². The Morgan fingerprint density at radius 3 is 2.67 bits per heavy atom. The van der Waals surface area contributed by atoms with E-state index in [1.807, 2.05) is 0 Å². The number of hydrogen-bond acceptors (Lipinski definition) is 4. The van der Waals surface area contributed by atoms with E-state index in [0.29, 0.717) is 11.3 Å². The number of rotatable bonds is 5. The molecule has 0 aliphatic heterocycles. The van der Waals surface area contributed by atoms with Gasteiger partial charge in [-0.05, 0) is 23.8 Å². The monoisotopic (exact) mass is 294 g/mol. The summed E-state index contributed by atoms with van der Waals surface area (Å²) in [6.45, 7) is 0.160. The zero-order chi connectivity index (χ0) is 15.4. The Morgan fingerprint density at radius 1 is 1.24 bits per heavy atom. The third-order valence-electron chi connectivity index (χ3n) is 2.80. The fraction of sp³-hybridized carbons (Fsp3) is 0.143. The molecule has 0 aliphatic rings. The predicted molar refractivity (Wildman–Crippen MR) is 73.3 cm³/mol. The minimum absolute atomic E-state index is 0.0743. The van der Waals surface area contributed by atoms with Gasteiger partial charge >= 0.3 is 0 Å². The molecule has 0 amide bonds. The molecule has 2 aromatic rings. The van der Waals surface area contributed by atoms with E-state index in [1.54, 1.807) is 0 Å². The fourth-order valence-corrected chi connectivity index (χ4v) is 1.81. The summed E-state index contributed by atoms with van der Waals surface area (Å²) in [7, 11) is 1.35. The van der Waals surface area contributed by atoms with Crippen LogP contribution in [0.2, 0.25) is 0 Å². The number of nitro groups is 1. The number of non-ortho nitro benzene ring substituents is 1. The van der Waals surface area contributed by atoms with Gasteiger partial charge in [0.2, 0.25) is 0 Å². The second-order valence-electron chi connectivity index (χ2n) is 4.28. The zero-order valence-corrected chi connectivity index (χ0v) is 11.1. The molecule has 0 unspecified atom stereocenters. The second-order valence-corrected chi connectivity index (χ2v) is 4.28. The standard InChI is InChI=1S/C14H12F2N2O3/c1-21-14-7-11(2-3-13(14)16)17-8-9-4-10(15)6-12(5-9)18(19)20/h2-7,17H,8H2,1H3. The number of halogens is 2. The fourth-order valence-electron chi connectivity index (χ4n) is 1.81. The number of methoxy groups -OCH3 is 1. The van der Waals surface area contributed by atoms with Crippen LogP contribution in [0.25, 0.3) is 0 Å². The summed E-state index contributed by atoms with van der Waals surface area (Å²) in [4.78, 5) is 10.0. The van der Waals surface area contributed by atoms with Crippen molar-refractivity contribution in [1.29, 1.82) is 0 Å². The molecule has 110 valence electrons. The molecule has 0 aliphatic carbocycles. The van der Waals surface area contributed by atoms with Crippen molar-refractivity contribution in [3.8, 4) is 5.75 Å². The zero-order valence-electron chi connectivity index (χ0n) is 11.1. The highest BCUT2D eigenvalue weighted by Crippen LogP contribution is 2.22. The number of anilines is 1. The van der Waals surface area contributed by atoms with Gasteiger partial charge in [0.15, 0.2) is 11.6 Å². The van der Waals surface area contributed by atoms with Crippen LogP contribution in [0.15, 0.2) is 36.4 Å². The van der Waals surface area contributed by atoms with Crippen LogP contribution in [-0.4, -0.2) is 12.0 Å². The van der Waals surface area contributed by atoms with Gasteiger partial charge in [-0.3, -0.25) is 10.1 Å². The van der Waals surface area contributed by atoms with Crippen molar-refractivity contribution in [3.05, 3.63) is 63.7 Å². The van der Waals surface area contributed by atoms with E-state index in [-0.39, 0.29) is 18.0 Å². The van der Waals surface area contributed by atoms with Crippen LogP contribution in [0.3, 0.4) is 0 Å². The van der Waals surface area contributed by atoms with E-state index in [1.165, 1.54) is 37.4 Å². The maximum absolute atomic E-state index is 13.3. The highest BCUT2D eigenvalue weighted by atomic mass is 19.1. The number of ether oxygens (including phenoxy) is 1. The average molecular weight is 294 g/mol. The SMILES string of the molecule is COc1cc(NCc2cc(F)cc([N+](=O)[O-])c2)ccc1F. The molecule has 1 N–H and O–H groups in total. The lowest BCUT2D eigenvalue weighted by Gasteiger charge is -2.09. The van der Waals surface area contributed by atoms with Gasteiger partial charge < -0.3 is 10.1 Å². The van der Waals surface area contributed by atoms with E-state index in [9.17, 15) is 18.9 Å². The largest absolute Gasteiger partial charge is 0.494 e. The normalized spacial score (nSPS) is 10.2. The van der Waals surface area contributed by atoms with Crippen molar-refractivity contribution in [2.75, 3.05) is 12.4 Å². The Kier molecular flexibility index (Phi) is 4.32. The van der Waals surface area contributed by atoms with Crippen LogP contribution in [0.4, 0.5) is 20.2 Å². The van der Waals surface area contributed by atoms with Gasteiger partial charge in [-0.25, -0.2) is 8.78 Å². The molecule has 0 saturated heterocycles. The van der Waals surface area contributed by atoms with Gasteiger partial charge in [0.05, 0.1) is 18.1 Å². The molecule has 2 rings (SSSR count). The van der Waals surface area contributed by atoms with Crippen molar-refractivity contribution in [2.45, 2.75) is 6.54 Å². The number of hydrogen-bond donors (Lipinski definition) is 1. The summed E-state index contributed by atoms with van der Waals surface area (Å²) in [6, 6.07) is 7.49. The van der Waals surface area contributed by atoms with Crippen molar-refractivity contribution in [1.82, 2.24) is 0 Å². The summed E-state index contributed by atoms with van der Waals surface area (Å²) in [6.07, 6.45) is 0. The number of nitro benzene ring substituents is 1. The summed E-state index contributed by atoms with van der Waals surface area (Å²) in [5.41, 5.74) is 0.647. The molecule has 0 fully saturated rings. The number of nitrogens with zero attached hydrogens (tertiary/aromatic N) is 1. The first kappa shape index (κ1) is 14.7. The molecule has 5 nitrogen and oxygen atoms in total. The Labute approximate surface area is 119 Å². The van der Waals surface area contributed by atoms with Crippen molar-refractivity contribution in [3.63, 3.8) is 0 Å². The Hall–Kier alpha value is -2.70. The summed E-state index contributed by atoms with van der Waals surface area (Å²) < 4.78 is 31.4. The Balaban J connectivity index is 2.14. The minimum atomic E-state index is -0.683. The molecule has 0 bridgehead atoms. The van der Waals surface area contributed by atoms with Gasteiger partial charge in [-0.2, -0.15) is 0 Å². The molecule has 21 heavy (non-hydrogen) atoms. The maximum atomic E-state index is 13.3. The van der Waals surface area contributed by atoms with Gasteiger partial charge in [0, 0.05) is 24.4 Å². The molecule has 0 heterocycles. The van der Waals surface area contributed by atoms with E-state index < -0.39 is 16.6 Å². The predicted octanol–water partition coefficient (Wildman–Crippen LogP) is 3.49. The van der Waals surface area contributed by atoms with Crippen LogP contribution < -0.4 is 10.1 Å². The highest BCUT2D eigenvalue weighted by Gasteiger charge is 2.10. The third-order valence-corrected chi connectivity index (χ3v) is 2.80. The van der Waals surface area contributed by atoms with Gasteiger partial charge in [-0.15, -0.1) is 0 Å². The number of benzene rings is 2. The van der Waals surface area contributed by atoms with Crippen molar-refractivity contribution < 1.29 is 18.4 Å². The van der Waals surface area contributed by atoms with E-state index in [2.05, 4.69) is 5.32 Å². The van der Waals surface area contributed by atoms with Gasteiger partial charge in [0.25, 0.3) is 5.69 Å². The smallest absolute Gasteiger partial charge is 0.272 e. The van der Waals surface area contributed by atoms with Crippen LogP contribution in [0.1, 0.15) is 5.56 Å². The average Bonchev–Trinajstić information content (AvgIpc) is 2.45. The molecule has 7 heteroatoms. The summed E-state index contributed by atoms with van der Waals surface area (Å²) >= 11 is 0. The lowest BCUT2D eigenvalue weighted by Crippen LogP contribution is -2.02. The molecular formula is C14H12F2N2O3. The Morgan fingerprint density at radius 2 is 2.00 bits per heavy atom. The first-order chi connectivity index (χ1) is 9.99. The molecule has 2 aromatic carbocycles. The lowest BCUT2D eigenvalue weighted by molar-refractivity contribution is -0.385. The molecule has 0 aromatic heterocycles. The first-order valence-electron chi connectivity index (χ1n) is 6.01. The quantitative estimate of drug-likeness (QED) is 0.677. The molecule has 0 atom stereocenters. The topological polar surface area (TPSA) is 64.4 Å². The summed E-state index contributed by atoms with van der Waals surface area (Å²) in [5, 5.41) is 13.6. The van der Waals surface area contributed by atoms with Crippen LogP contribution in [0.5, 0.6) is 5.75 Å². The molecular weight excluding hydrogens is 282 g/mol. The van der Waals surface area contributed by atoms with Crippen LogP contribution in [-0.2, 0) is 6.54 Å². The van der Waals surface area contributed by atoms with E-state index in [4.69, 9.17) is 4.74 Å². The molecule has 0 radical (unpaired) electrons. The highest BCUT2D eigenvalue weighted by molar-refractivity contribution is 5.49. The number of nitrogens with one attached hydrogen (secondary N) is 1. The van der Waals surface area contributed by atoms with Gasteiger partial charge in [-0.1, -0.05) is 0 Å². The Bertz CT molecular complexity index is 677.